The summed E-state index contributed by atoms with van der Waals surface area (Å²) in [7, 11) is 5.62. The highest BCUT2D eigenvalue weighted by molar-refractivity contribution is 6.31. The predicted molar refractivity (Wildman–Crippen MR) is 68.2 cm³/mol. The zero-order chi connectivity index (χ0) is 12.3. The second-order valence-corrected chi connectivity index (χ2v) is 4.62. The van der Waals surface area contributed by atoms with Crippen molar-refractivity contribution in [2.45, 2.75) is 13.0 Å². The molecule has 0 saturated carbocycles. The first kappa shape index (κ1) is 13.3. The minimum Gasteiger partial charge on any atom is -0.496 e. The van der Waals surface area contributed by atoms with Crippen LogP contribution in [-0.2, 0) is 0 Å². The van der Waals surface area contributed by atoms with Crippen LogP contribution in [0.1, 0.15) is 17.2 Å². The summed E-state index contributed by atoms with van der Waals surface area (Å²) in [5.74, 6) is 0.802. The number of rotatable bonds is 4. The van der Waals surface area contributed by atoms with Crippen molar-refractivity contribution in [3.8, 4) is 5.75 Å². The number of aryl methyl sites for hydroxylation is 1. The lowest BCUT2D eigenvalue weighted by Gasteiger charge is -2.20. The Morgan fingerprint density at radius 1 is 1.44 bits per heavy atom. The first-order valence-electron chi connectivity index (χ1n) is 5.20. The minimum absolute atomic E-state index is 0.0944. The molecule has 90 valence electrons. The molecule has 0 spiro atoms. The number of hydrogen-bond donors (Lipinski definition) is 1. The zero-order valence-corrected chi connectivity index (χ0v) is 11.0. The molecule has 1 atom stereocenters. The Balaban J connectivity index is 3.06. The summed E-state index contributed by atoms with van der Waals surface area (Å²) in [6.07, 6.45) is 0. The van der Waals surface area contributed by atoms with Gasteiger partial charge in [0.2, 0.25) is 0 Å². The average molecular weight is 243 g/mol. The number of likely N-dealkylation sites (N-methyl/N-ethyl adjacent to an activating group) is 1. The monoisotopic (exact) mass is 242 g/mol. The van der Waals surface area contributed by atoms with Crippen LogP contribution in [0.25, 0.3) is 0 Å². The molecule has 0 aliphatic rings. The Morgan fingerprint density at radius 3 is 2.56 bits per heavy atom. The normalized spacial score (nSPS) is 12.9. The van der Waals surface area contributed by atoms with E-state index >= 15 is 0 Å². The Bertz CT molecular complexity index is 366. The molecule has 2 N–H and O–H groups in total. The van der Waals surface area contributed by atoms with E-state index in [1.165, 1.54) is 0 Å². The molecule has 0 heterocycles. The summed E-state index contributed by atoms with van der Waals surface area (Å²) >= 11 is 6.10. The van der Waals surface area contributed by atoms with Crippen LogP contribution in [-0.4, -0.2) is 32.6 Å². The topological polar surface area (TPSA) is 38.5 Å². The molecule has 1 aromatic rings. The third-order valence-electron chi connectivity index (χ3n) is 2.47. The van der Waals surface area contributed by atoms with Crippen LogP contribution in [0.3, 0.4) is 0 Å². The Labute approximate surface area is 102 Å². The summed E-state index contributed by atoms with van der Waals surface area (Å²) in [6, 6.07) is 3.72. The van der Waals surface area contributed by atoms with Crippen molar-refractivity contribution in [1.82, 2.24) is 4.90 Å². The predicted octanol–water partition coefficient (Wildman–Crippen LogP) is 2.22. The van der Waals surface area contributed by atoms with Gasteiger partial charge in [-0.2, -0.15) is 0 Å². The fraction of sp³-hybridized carbons (Fsp3) is 0.500. The van der Waals surface area contributed by atoms with Crippen LogP contribution in [0.5, 0.6) is 5.75 Å². The standard InChI is InChI=1S/C12H19ClN2O/c1-8-5-12(16-4)9(6-10(8)13)11(14)7-15(2)3/h5-6,11H,7,14H2,1-4H3. The van der Waals surface area contributed by atoms with E-state index in [4.69, 9.17) is 22.1 Å². The molecule has 1 aromatic carbocycles. The van der Waals surface area contributed by atoms with E-state index in [1.807, 2.05) is 38.1 Å². The number of nitrogens with two attached hydrogens (primary N) is 1. The second kappa shape index (κ2) is 5.53. The van der Waals surface area contributed by atoms with Crippen molar-refractivity contribution in [3.63, 3.8) is 0 Å². The van der Waals surface area contributed by atoms with Gasteiger partial charge < -0.3 is 15.4 Å². The highest BCUT2D eigenvalue weighted by Crippen LogP contribution is 2.30. The first-order chi connectivity index (χ1) is 7.45. The fourth-order valence-corrected chi connectivity index (χ4v) is 1.80. The van der Waals surface area contributed by atoms with Gasteiger partial charge in [0.1, 0.15) is 5.75 Å². The van der Waals surface area contributed by atoms with Crippen molar-refractivity contribution in [3.05, 3.63) is 28.3 Å². The number of ether oxygens (including phenoxy) is 1. The molecule has 4 heteroatoms. The number of benzene rings is 1. The summed E-state index contributed by atoms with van der Waals surface area (Å²) in [5.41, 5.74) is 8.06. The van der Waals surface area contributed by atoms with Gasteiger partial charge in [0, 0.05) is 23.2 Å². The largest absolute Gasteiger partial charge is 0.496 e. The van der Waals surface area contributed by atoms with Gasteiger partial charge in [0.05, 0.1) is 7.11 Å². The molecule has 3 nitrogen and oxygen atoms in total. The van der Waals surface area contributed by atoms with E-state index in [0.29, 0.717) is 0 Å². The maximum atomic E-state index is 6.11. The summed E-state index contributed by atoms with van der Waals surface area (Å²) in [4.78, 5) is 2.04. The molecular weight excluding hydrogens is 224 g/mol. The maximum absolute atomic E-state index is 6.11. The van der Waals surface area contributed by atoms with E-state index in [1.54, 1.807) is 7.11 Å². The van der Waals surface area contributed by atoms with Gasteiger partial charge in [-0.3, -0.25) is 0 Å². The SMILES string of the molecule is COc1cc(C)c(Cl)cc1C(N)CN(C)C. The number of hydrogen-bond acceptors (Lipinski definition) is 3. The van der Waals surface area contributed by atoms with Crippen molar-refractivity contribution in [2.75, 3.05) is 27.7 Å². The van der Waals surface area contributed by atoms with Crippen LogP contribution in [0.15, 0.2) is 12.1 Å². The number of nitrogens with zero attached hydrogens (tertiary/aromatic N) is 1. The van der Waals surface area contributed by atoms with Gasteiger partial charge in [-0.25, -0.2) is 0 Å². The van der Waals surface area contributed by atoms with E-state index in [-0.39, 0.29) is 6.04 Å². The molecule has 0 bridgehead atoms. The van der Waals surface area contributed by atoms with E-state index in [0.717, 1.165) is 28.4 Å². The maximum Gasteiger partial charge on any atom is 0.124 e. The van der Waals surface area contributed by atoms with Crippen molar-refractivity contribution in [1.29, 1.82) is 0 Å². The lowest BCUT2D eigenvalue weighted by molar-refractivity contribution is 0.362. The number of methoxy groups -OCH3 is 1. The molecule has 0 radical (unpaired) electrons. The fourth-order valence-electron chi connectivity index (χ4n) is 1.63. The number of halogens is 1. The second-order valence-electron chi connectivity index (χ2n) is 4.21. The van der Waals surface area contributed by atoms with Crippen LogP contribution in [0, 0.1) is 6.92 Å². The summed E-state index contributed by atoms with van der Waals surface area (Å²) in [5, 5.41) is 0.727. The smallest absolute Gasteiger partial charge is 0.124 e. The van der Waals surface area contributed by atoms with Crippen molar-refractivity contribution < 1.29 is 4.74 Å². The average Bonchev–Trinajstić information content (AvgIpc) is 2.20. The molecule has 0 aliphatic heterocycles. The first-order valence-corrected chi connectivity index (χ1v) is 5.57. The van der Waals surface area contributed by atoms with Gasteiger partial charge in [0.15, 0.2) is 0 Å². The van der Waals surface area contributed by atoms with Gasteiger partial charge in [-0.1, -0.05) is 11.6 Å². The van der Waals surface area contributed by atoms with Gasteiger partial charge in [0.25, 0.3) is 0 Å². The Hall–Kier alpha value is -0.770. The third kappa shape index (κ3) is 3.11. The quantitative estimate of drug-likeness (QED) is 0.880. The van der Waals surface area contributed by atoms with Gasteiger partial charge in [-0.05, 0) is 38.7 Å². The van der Waals surface area contributed by atoms with Gasteiger partial charge in [-0.15, -0.1) is 0 Å². The zero-order valence-electron chi connectivity index (χ0n) is 10.2. The van der Waals surface area contributed by atoms with Crippen LogP contribution >= 0.6 is 11.6 Å². The Morgan fingerprint density at radius 2 is 2.06 bits per heavy atom. The van der Waals surface area contributed by atoms with E-state index in [2.05, 4.69) is 0 Å². The molecule has 0 fully saturated rings. The van der Waals surface area contributed by atoms with Crippen molar-refractivity contribution >= 4 is 11.6 Å². The summed E-state index contributed by atoms with van der Waals surface area (Å²) in [6.45, 7) is 2.71. The molecule has 0 saturated heterocycles. The van der Waals surface area contributed by atoms with Crippen LogP contribution < -0.4 is 10.5 Å². The van der Waals surface area contributed by atoms with Crippen molar-refractivity contribution in [2.24, 2.45) is 5.73 Å². The molecule has 1 unspecified atom stereocenters. The van der Waals surface area contributed by atoms with Crippen LogP contribution in [0.4, 0.5) is 0 Å². The van der Waals surface area contributed by atoms with E-state index < -0.39 is 0 Å². The third-order valence-corrected chi connectivity index (χ3v) is 2.88. The minimum atomic E-state index is -0.0944. The molecule has 0 aliphatic carbocycles. The highest BCUT2D eigenvalue weighted by atomic mass is 35.5. The summed E-state index contributed by atoms with van der Waals surface area (Å²) < 4.78 is 5.33. The molecule has 16 heavy (non-hydrogen) atoms. The van der Waals surface area contributed by atoms with Gasteiger partial charge >= 0.3 is 0 Å². The molecular formula is C12H19ClN2O. The molecule has 1 rings (SSSR count). The van der Waals surface area contributed by atoms with Crippen LogP contribution in [0.2, 0.25) is 5.02 Å². The molecule has 0 amide bonds. The van der Waals surface area contributed by atoms with E-state index in [9.17, 15) is 0 Å². The highest BCUT2D eigenvalue weighted by Gasteiger charge is 2.14. The molecule has 0 aromatic heterocycles. The lowest BCUT2D eigenvalue weighted by Crippen LogP contribution is -2.26. The Kier molecular flexibility index (Phi) is 4.59. The lowest BCUT2D eigenvalue weighted by atomic mass is 10.0.